The summed E-state index contributed by atoms with van der Waals surface area (Å²) in [5.41, 5.74) is 0.204. The van der Waals surface area contributed by atoms with Crippen LogP contribution < -0.4 is 19.9 Å². The van der Waals surface area contributed by atoms with Crippen molar-refractivity contribution in [2.75, 3.05) is 49.8 Å². The number of nitrogens with zero attached hydrogens (tertiary/aromatic N) is 3. The Labute approximate surface area is 214 Å². The molecule has 2 aromatic rings. The van der Waals surface area contributed by atoms with E-state index >= 15 is 0 Å². The van der Waals surface area contributed by atoms with Crippen molar-refractivity contribution in [3.05, 3.63) is 54.1 Å². The summed E-state index contributed by atoms with van der Waals surface area (Å²) in [6.45, 7) is 3.54. The molecule has 4 atom stereocenters. The lowest BCUT2D eigenvalue weighted by Gasteiger charge is -2.31. The van der Waals surface area contributed by atoms with E-state index in [1.165, 1.54) is 9.80 Å². The van der Waals surface area contributed by atoms with Crippen LogP contribution in [0.15, 0.2) is 48.5 Å². The summed E-state index contributed by atoms with van der Waals surface area (Å²) in [5, 5.41) is 3.35. The zero-order valence-electron chi connectivity index (χ0n) is 20.7. The summed E-state index contributed by atoms with van der Waals surface area (Å²) in [6, 6.07) is 13.5. The minimum Gasteiger partial charge on any atom is -0.497 e. The highest BCUT2D eigenvalue weighted by molar-refractivity contribution is 6.26. The molecule has 4 amide bonds. The number of anilines is 2. The number of imide groups is 1. The maximum Gasteiger partial charge on any atom is 0.253 e. The maximum absolute atomic E-state index is 14.2. The van der Waals surface area contributed by atoms with Gasteiger partial charge in [0.2, 0.25) is 17.7 Å². The normalized spacial score (nSPS) is 28.8. The van der Waals surface area contributed by atoms with Crippen molar-refractivity contribution in [1.82, 2.24) is 10.2 Å². The first-order valence-electron chi connectivity index (χ1n) is 12.4. The van der Waals surface area contributed by atoms with Crippen LogP contribution >= 0.6 is 0 Å². The van der Waals surface area contributed by atoms with E-state index < -0.39 is 29.3 Å². The fraction of sp³-hybridized carbons (Fsp3) is 0.407. The molecule has 6 rings (SSSR count). The first-order valence-corrected chi connectivity index (χ1v) is 12.4. The molecule has 2 aromatic carbocycles. The third-order valence-corrected chi connectivity index (χ3v) is 8.00. The van der Waals surface area contributed by atoms with Crippen molar-refractivity contribution in [3.8, 4) is 5.75 Å². The van der Waals surface area contributed by atoms with E-state index in [1.54, 1.807) is 48.4 Å². The summed E-state index contributed by atoms with van der Waals surface area (Å²) in [4.78, 5) is 59.3. The third kappa shape index (κ3) is 3.32. The highest BCUT2D eigenvalue weighted by atomic mass is 16.5. The topological polar surface area (TPSA) is 108 Å². The summed E-state index contributed by atoms with van der Waals surface area (Å²) < 4.78 is 10.6. The summed E-state index contributed by atoms with van der Waals surface area (Å²) in [7, 11) is 1.54. The van der Waals surface area contributed by atoms with Crippen LogP contribution in [0, 0.1) is 11.8 Å². The van der Waals surface area contributed by atoms with Crippen LogP contribution in [0.4, 0.5) is 11.4 Å². The molecule has 4 unspecified atom stereocenters. The largest absolute Gasteiger partial charge is 0.497 e. The molecule has 1 N–H and O–H groups in total. The van der Waals surface area contributed by atoms with Gasteiger partial charge in [-0.1, -0.05) is 18.2 Å². The van der Waals surface area contributed by atoms with Gasteiger partial charge < -0.3 is 19.3 Å². The number of benzene rings is 2. The number of carbonyl (C=O) groups is 4. The lowest BCUT2D eigenvalue weighted by molar-refractivity contribution is -0.136. The monoisotopic (exact) mass is 504 g/mol. The Morgan fingerprint density at radius 2 is 1.76 bits per heavy atom. The number of para-hydroxylation sites is 1. The maximum atomic E-state index is 14.2. The van der Waals surface area contributed by atoms with Crippen molar-refractivity contribution >= 4 is 35.0 Å². The molecule has 0 aliphatic carbocycles. The highest BCUT2D eigenvalue weighted by Gasteiger charge is 2.71. The molecule has 0 bridgehead atoms. The molecule has 1 spiro atoms. The zero-order chi connectivity index (χ0) is 25.9. The van der Waals surface area contributed by atoms with E-state index in [-0.39, 0.29) is 24.3 Å². The van der Waals surface area contributed by atoms with Gasteiger partial charge in [-0.25, -0.2) is 4.90 Å². The molecule has 192 valence electrons. The van der Waals surface area contributed by atoms with Crippen molar-refractivity contribution in [1.29, 1.82) is 0 Å². The van der Waals surface area contributed by atoms with E-state index in [0.29, 0.717) is 49.0 Å². The van der Waals surface area contributed by atoms with E-state index in [2.05, 4.69) is 5.32 Å². The second-order valence-corrected chi connectivity index (χ2v) is 9.86. The summed E-state index contributed by atoms with van der Waals surface area (Å²) in [5.74, 6) is -2.38. The van der Waals surface area contributed by atoms with Crippen LogP contribution in [0.3, 0.4) is 0 Å². The van der Waals surface area contributed by atoms with Gasteiger partial charge in [-0.05, 0) is 37.3 Å². The number of carbonyl (C=O) groups excluding carboxylic acids is 4. The lowest BCUT2D eigenvalue weighted by Crippen LogP contribution is -2.56. The second kappa shape index (κ2) is 8.67. The molecule has 0 saturated carbocycles. The Morgan fingerprint density at radius 1 is 1.05 bits per heavy atom. The van der Waals surface area contributed by atoms with Crippen LogP contribution in [-0.2, 0) is 29.5 Å². The molecule has 0 aromatic heterocycles. The molecule has 4 aliphatic heterocycles. The molecular weight excluding hydrogens is 476 g/mol. The van der Waals surface area contributed by atoms with Crippen LogP contribution in [0.25, 0.3) is 0 Å². The van der Waals surface area contributed by atoms with Gasteiger partial charge >= 0.3 is 0 Å². The molecule has 10 heteroatoms. The molecular formula is C27H28N4O6. The molecule has 3 fully saturated rings. The SMILES string of the molecule is COc1ccc(N2C(=O)C3C(C)NC4(C(=O)N(CC(=O)N5CCOCC5)c5ccccc54)C3C2=O)cc1. The van der Waals surface area contributed by atoms with Crippen LogP contribution in [0.5, 0.6) is 5.75 Å². The van der Waals surface area contributed by atoms with E-state index in [1.807, 2.05) is 19.1 Å². The smallest absolute Gasteiger partial charge is 0.253 e. The van der Waals surface area contributed by atoms with Gasteiger partial charge in [0, 0.05) is 30.4 Å². The molecule has 10 nitrogen and oxygen atoms in total. The van der Waals surface area contributed by atoms with E-state index in [4.69, 9.17) is 9.47 Å². The average molecular weight is 505 g/mol. The number of fused-ring (bicyclic) bond motifs is 4. The Hall–Kier alpha value is -3.76. The van der Waals surface area contributed by atoms with Crippen molar-refractivity contribution in [3.63, 3.8) is 0 Å². The number of morpholine rings is 1. The Kier molecular flexibility index (Phi) is 5.54. The summed E-state index contributed by atoms with van der Waals surface area (Å²) in [6.07, 6.45) is 0. The van der Waals surface area contributed by atoms with E-state index in [0.717, 1.165) is 0 Å². The highest BCUT2D eigenvalue weighted by Crippen LogP contribution is 2.55. The minimum absolute atomic E-state index is 0.143. The predicted molar refractivity (Wildman–Crippen MR) is 133 cm³/mol. The second-order valence-electron chi connectivity index (χ2n) is 9.86. The van der Waals surface area contributed by atoms with Gasteiger partial charge in [0.15, 0.2) is 0 Å². The Morgan fingerprint density at radius 3 is 2.46 bits per heavy atom. The van der Waals surface area contributed by atoms with Gasteiger partial charge in [0.1, 0.15) is 17.8 Å². The van der Waals surface area contributed by atoms with Gasteiger partial charge in [0.05, 0.1) is 37.8 Å². The van der Waals surface area contributed by atoms with Crippen molar-refractivity contribution < 1.29 is 28.7 Å². The fourth-order valence-corrected chi connectivity index (χ4v) is 6.30. The van der Waals surface area contributed by atoms with E-state index in [9.17, 15) is 19.2 Å². The molecule has 3 saturated heterocycles. The number of methoxy groups -OCH3 is 1. The van der Waals surface area contributed by atoms with Crippen LogP contribution in [0.2, 0.25) is 0 Å². The first kappa shape index (κ1) is 23.6. The number of hydrogen-bond acceptors (Lipinski definition) is 7. The first-order chi connectivity index (χ1) is 17.9. The summed E-state index contributed by atoms with van der Waals surface area (Å²) >= 11 is 0. The number of rotatable bonds is 4. The molecule has 0 radical (unpaired) electrons. The number of nitrogens with one attached hydrogen (secondary N) is 1. The van der Waals surface area contributed by atoms with Crippen molar-refractivity contribution in [2.45, 2.75) is 18.5 Å². The predicted octanol–water partition coefficient (Wildman–Crippen LogP) is 0.893. The zero-order valence-corrected chi connectivity index (χ0v) is 20.7. The van der Waals surface area contributed by atoms with Crippen molar-refractivity contribution in [2.24, 2.45) is 11.8 Å². The lowest BCUT2D eigenvalue weighted by atomic mass is 9.76. The molecule has 4 aliphatic rings. The Balaban J connectivity index is 1.38. The standard InChI is InChI=1S/C27H28N4O6/c1-16-22-23(25(34)31(24(22)33)17-7-9-18(36-2)10-8-17)27(28-16)19-5-3-4-6-20(19)30(26(27)35)15-21(32)29-11-13-37-14-12-29/h3-10,16,22-23,28H,11-15H2,1-2H3. The fourth-order valence-electron chi connectivity index (χ4n) is 6.30. The third-order valence-electron chi connectivity index (χ3n) is 8.00. The number of amides is 4. The van der Waals surface area contributed by atoms with Gasteiger partial charge in [0.25, 0.3) is 5.91 Å². The van der Waals surface area contributed by atoms with Gasteiger partial charge in [-0.2, -0.15) is 0 Å². The van der Waals surface area contributed by atoms with Crippen LogP contribution in [0.1, 0.15) is 12.5 Å². The van der Waals surface area contributed by atoms with Crippen LogP contribution in [-0.4, -0.2) is 74.5 Å². The number of ether oxygens (including phenoxy) is 2. The number of hydrogen-bond donors (Lipinski definition) is 1. The Bertz CT molecular complexity index is 1290. The average Bonchev–Trinajstić information content (AvgIpc) is 3.47. The quantitative estimate of drug-likeness (QED) is 0.616. The van der Waals surface area contributed by atoms with Gasteiger partial charge in [-0.15, -0.1) is 0 Å². The molecule has 37 heavy (non-hydrogen) atoms. The van der Waals surface area contributed by atoms with Gasteiger partial charge in [-0.3, -0.25) is 24.5 Å². The molecule has 4 heterocycles. The minimum atomic E-state index is -1.43.